The maximum Gasteiger partial charge on any atom is 0.416 e. The van der Waals surface area contributed by atoms with Crippen LogP contribution in [0.25, 0.3) is 16.5 Å². The summed E-state index contributed by atoms with van der Waals surface area (Å²) in [4.78, 5) is 17.3. The van der Waals surface area contributed by atoms with Crippen molar-refractivity contribution in [3.63, 3.8) is 0 Å². The molecule has 0 spiro atoms. The topological polar surface area (TPSA) is 63.8 Å². The van der Waals surface area contributed by atoms with Crippen LogP contribution in [0.3, 0.4) is 0 Å². The molecule has 1 heterocycles. The van der Waals surface area contributed by atoms with Crippen molar-refractivity contribution in [1.29, 1.82) is 0 Å². The van der Waals surface area contributed by atoms with Crippen LogP contribution in [0.1, 0.15) is 11.1 Å². The Bertz CT molecular complexity index is 1390. The van der Waals surface area contributed by atoms with Crippen LogP contribution in [0, 0.1) is 0 Å². The summed E-state index contributed by atoms with van der Waals surface area (Å²) in [6, 6.07) is 17.7. The number of pyridine rings is 1. The van der Waals surface area contributed by atoms with Crippen LogP contribution in [0.15, 0.2) is 82.6 Å². The summed E-state index contributed by atoms with van der Waals surface area (Å²) in [5, 5.41) is 11.7. The van der Waals surface area contributed by atoms with Crippen LogP contribution in [0.5, 0.6) is 11.6 Å². The van der Waals surface area contributed by atoms with Crippen LogP contribution < -0.4 is 10.3 Å². The zero-order chi connectivity index (χ0) is 22.9. The van der Waals surface area contributed by atoms with E-state index in [0.717, 1.165) is 16.7 Å². The summed E-state index contributed by atoms with van der Waals surface area (Å²) >= 11 is 0. The minimum Gasteiger partial charge on any atom is -0.497 e. The van der Waals surface area contributed by atoms with Gasteiger partial charge in [0.25, 0.3) is 5.56 Å². The molecule has 0 saturated carbocycles. The lowest BCUT2D eigenvalue weighted by atomic mass is 10.1. The Kier molecular flexibility index (Phi) is 5.44. The smallest absolute Gasteiger partial charge is 0.416 e. The predicted molar refractivity (Wildman–Crippen MR) is 116 cm³/mol. The molecule has 162 valence electrons. The number of hydrogen-bond acceptors (Lipinski definition) is 4. The van der Waals surface area contributed by atoms with Crippen molar-refractivity contribution in [2.24, 2.45) is 4.99 Å². The molecular weight excluding hydrogens is 421 g/mol. The van der Waals surface area contributed by atoms with Gasteiger partial charge in [-0.05, 0) is 36.4 Å². The van der Waals surface area contributed by atoms with Crippen molar-refractivity contribution in [1.82, 2.24) is 4.57 Å². The van der Waals surface area contributed by atoms with Gasteiger partial charge in [-0.25, -0.2) is 4.57 Å². The van der Waals surface area contributed by atoms with Gasteiger partial charge in [-0.2, -0.15) is 13.2 Å². The maximum absolute atomic E-state index is 13.1. The largest absolute Gasteiger partial charge is 0.497 e. The van der Waals surface area contributed by atoms with E-state index in [4.69, 9.17) is 4.74 Å². The van der Waals surface area contributed by atoms with Crippen LogP contribution in [0.4, 0.5) is 18.9 Å². The molecule has 0 saturated heterocycles. The molecule has 3 aromatic carbocycles. The van der Waals surface area contributed by atoms with Gasteiger partial charge < -0.3 is 9.84 Å². The predicted octanol–water partition coefficient (Wildman–Crippen LogP) is 5.47. The zero-order valence-corrected chi connectivity index (χ0v) is 16.8. The molecule has 4 aromatic rings. The van der Waals surface area contributed by atoms with Crippen molar-refractivity contribution in [3.05, 3.63) is 94.3 Å². The van der Waals surface area contributed by atoms with E-state index in [0.29, 0.717) is 22.2 Å². The number of rotatable bonds is 4. The summed E-state index contributed by atoms with van der Waals surface area (Å²) in [5.41, 5.74) is -0.667. The molecule has 32 heavy (non-hydrogen) atoms. The number of benzene rings is 3. The molecule has 0 bridgehead atoms. The zero-order valence-electron chi connectivity index (χ0n) is 16.8. The van der Waals surface area contributed by atoms with Crippen molar-refractivity contribution in [2.45, 2.75) is 6.18 Å². The summed E-state index contributed by atoms with van der Waals surface area (Å²) in [6.07, 6.45) is -3.25. The fourth-order valence-corrected chi connectivity index (χ4v) is 3.38. The van der Waals surface area contributed by atoms with Gasteiger partial charge in [0.15, 0.2) is 0 Å². The molecule has 8 heteroatoms. The first-order valence-corrected chi connectivity index (χ1v) is 9.52. The Morgan fingerprint density at radius 3 is 2.41 bits per heavy atom. The lowest BCUT2D eigenvalue weighted by Gasteiger charge is -2.14. The van der Waals surface area contributed by atoms with Gasteiger partial charge in [-0.1, -0.05) is 30.3 Å². The van der Waals surface area contributed by atoms with E-state index >= 15 is 0 Å². The monoisotopic (exact) mass is 438 g/mol. The van der Waals surface area contributed by atoms with E-state index in [1.807, 2.05) is 0 Å². The standard InChI is InChI=1S/C24H17F3N2O3/c1-32-18-9-5-8-17(13-18)29-22(30)20-11-3-2-10-19(20)21(23(29)31)14-28-16-7-4-6-15(12-16)24(25,26)27/h2-14,31H,1H3. The van der Waals surface area contributed by atoms with Crippen molar-refractivity contribution in [2.75, 3.05) is 7.11 Å². The Morgan fingerprint density at radius 2 is 1.69 bits per heavy atom. The Balaban J connectivity index is 1.92. The highest BCUT2D eigenvalue weighted by molar-refractivity contribution is 6.02. The third-order valence-electron chi connectivity index (χ3n) is 4.93. The third-order valence-corrected chi connectivity index (χ3v) is 4.93. The SMILES string of the molecule is COc1cccc(-n2c(O)c(C=Nc3cccc(C(F)(F)F)c3)c3ccccc3c2=O)c1. The Hall–Kier alpha value is -4.07. The van der Waals surface area contributed by atoms with Gasteiger partial charge in [0.05, 0.1) is 29.6 Å². The number of aromatic hydroxyl groups is 1. The third kappa shape index (κ3) is 3.94. The molecule has 1 aromatic heterocycles. The molecule has 1 N–H and O–H groups in total. The average molecular weight is 438 g/mol. The van der Waals surface area contributed by atoms with Crippen LogP contribution >= 0.6 is 0 Å². The van der Waals surface area contributed by atoms with E-state index in [1.165, 1.54) is 25.5 Å². The highest BCUT2D eigenvalue weighted by atomic mass is 19.4. The van der Waals surface area contributed by atoms with Crippen molar-refractivity contribution in [3.8, 4) is 17.3 Å². The van der Waals surface area contributed by atoms with Crippen LogP contribution in [-0.2, 0) is 6.18 Å². The molecule has 0 aliphatic rings. The lowest BCUT2D eigenvalue weighted by molar-refractivity contribution is -0.137. The summed E-state index contributed by atoms with van der Waals surface area (Å²) in [7, 11) is 1.48. The number of methoxy groups -OCH3 is 1. The summed E-state index contributed by atoms with van der Waals surface area (Å²) < 4.78 is 45.3. The number of alkyl halides is 3. The molecular formula is C24H17F3N2O3. The van der Waals surface area contributed by atoms with Gasteiger partial charge in [-0.3, -0.25) is 9.79 Å². The van der Waals surface area contributed by atoms with Gasteiger partial charge in [0.2, 0.25) is 5.88 Å². The summed E-state index contributed by atoms with van der Waals surface area (Å²) in [6.45, 7) is 0. The minimum atomic E-state index is -4.50. The number of nitrogens with zero attached hydrogens (tertiary/aromatic N) is 2. The van der Waals surface area contributed by atoms with Gasteiger partial charge in [-0.15, -0.1) is 0 Å². The number of aromatic nitrogens is 1. The van der Waals surface area contributed by atoms with E-state index < -0.39 is 23.2 Å². The molecule has 0 atom stereocenters. The Labute approximate surface area is 180 Å². The van der Waals surface area contributed by atoms with E-state index in [9.17, 15) is 23.1 Å². The average Bonchev–Trinajstić information content (AvgIpc) is 2.79. The van der Waals surface area contributed by atoms with Gasteiger partial charge in [0, 0.05) is 23.1 Å². The molecule has 4 rings (SSSR count). The lowest BCUT2D eigenvalue weighted by Crippen LogP contribution is -2.20. The van der Waals surface area contributed by atoms with Crippen LogP contribution in [-0.4, -0.2) is 23.0 Å². The number of fused-ring (bicyclic) bond motifs is 1. The first kappa shape index (κ1) is 21.2. The summed E-state index contributed by atoms with van der Waals surface area (Å²) in [5.74, 6) is 0.0961. The molecule has 0 unspecified atom stereocenters. The first-order valence-electron chi connectivity index (χ1n) is 9.52. The first-order chi connectivity index (χ1) is 15.3. The van der Waals surface area contributed by atoms with Crippen molar-refractivity contribution >= 4 is 22.7 Å². The second-order valence-corrected chi connectivity index (χ2v) is 6.93. The highest BCUT2D eigenvalue weighted by Gasteiger charge is 2.30. The van der Waals surface area contributed by atoms with E-state index in [2.05, 4.69) is 4.99 Å². The fraction of sp³-hybridized carbons (Fsp3) is 0.0833. The van der Waals surface area contributed by atoms with Gasteiger partial charge >= 0.3 is 6.18 Å². The number of ether oxygens (including phenoxy) is 1. The fourth-order valence-electron chi connectivity index (χ4n) is 3.38. The Morgan fingerprint density at radius 1 is 0.969 bits per heavy atom. The minimum absolute atomic E-state index is 0.0578. The van der Waals surface area contributed by atoms with Crippen molar-refractivity contribution < 1.29 is 23.0 Å². The number of aliphatic imine (C=N–C) groups is 1. The molecule has 0 aliphatic heterocycles. The highest BCUT2D eigenvalue weighted by Crippen LogP contribution is 2.32. The quantitative estimate of drug-likeness (QED) is 0.430. The molecule has 0 amide bonds. The number of halogens is 3. The molecule has 5 nitrogen and oxygen atoms in total. The van der Waals surface area contributed by atoms with E-state index in [1.54, 1.807) is 48.5 Å². The van der Waals surface area contributed by atoms with E-state index in [-0.39, 0.29) is 11.3 Å². The molecule has 0 fully saturated rings. The molecule has 0 radical (unpaired) electrons. The van der Waals surface area contributed by atoms with Crippen LogP contribution in [0.2, 0.25) is 0 Å². The second kappa shape index (κ2) is 8.22. The normalized spacial score (nSPS) is 11.9. The number of hydrogen-bond donors (Lipinski definition) is 1. The maximum atomic E-state index is 13.1. The molecule has 0 aliphatic carbocycles. The van der Waals surface area contributed by atoms with Gasteiger partial charge in [0.1, 0.15) is 5.75 Å². The second-order valence-electron chi connectivity index (χ2n) is 6.93.